The first kappa shape index (κ1) is 19.4. The van der Waals surface area contributed by atoms with Gasteiger partial charge >= 0.3 is 0 Å². The number of likely N-dealkylation sites (N-methyl/N-ethyl adjacent to an activating group) is 1. The van der Waals surface area contributed by atoms with E-state index < -0.39 is 0 Å². The number of quaternary nitrogens is 1. The average molecular weight is 384 g/mol. The molecule has 1 amide bonds. The van der Waals surface area contributed by atoms with E-state index in [4.69, 9.17) is 32.7 Å². The maximum Gasteiger partial charge on any atom is 0.279 e. The molecule has 0 saturated heterocycles. The molecule has 0 aliphatic heterocycles. The summed E-state index contributed by atoms with van der Waals surface area (Å²) >= 11 is 12.1. The first-order chi connectivity index (χ1) is 11.9. The van der Waals surface area contributed by atoms with Gasteiger partial charge in [-0.2, -0.15) is 0 Å². The van der Waals surface area contributed by atoms with Crippen LogP contribution in [0.3, 0.4) is 0 Å². The van der Waals surface area contributed by atoms with Crippen LogP contribution in [0.1, 0.15) is 5.56 Å². The molecule has 0 aliphatic rings. The molecule has 2 aromatic carbocycles. The number of carbonyl (C=O) groups is 1. The number of halogens is 2. The van der Waals surface area contributed by atoms with Crippen LogP contribution >= 0.6 is 23.2 Å². The molecule has 5 nitrogen and oxygen atoms in total. The highest BCUT2D eigenvalue weighted by molar-refractivity contribution is 6.39. The van der Waals surface area contributed by atoms with Crippen molar-refractivity contribution in [3.63, 3.8) is 0 Å². The number of methoxy groups -OCH3 is 2. The zero-order valence-electron chi connectivity index (χ0n) is 14.4. The van der Waals surface area contributed by atoms with Gasteiger partial charge in [0.2, 0.25) is 0 Å². The number of amides is 1. The highest BCUT2D eigenvalue weighted by Crippen LogP contribution is 2.29. The molecule has 2 aromatic rings. The predicted octanol–water partition coefficient (Wildman–Crippen LogP) is 2.66. The van der Waals surface area contributed by atoms with Crippen LogP contribution in [0, 0.1) is 0 Å². The molecule has 0 heterocycles. The lowest BCUT2D eigenvalue weighted by molar-refractivity contribution is -0.885. The van der Waals surface area contributed by atoms with Gasteiger partial charge in [-0.1, -0.05) is 29.3 Å². The Hall–Kier alpha value is -1.95. The van der Waals surface area contributed by atoms with Gasteiger partial charge in [0, 0.05) is 5.56 Å². The minimum absolute atomic E-state index is 0.159. The first-order valence-electron chi connectivity index (χ1n) is 7.70. The van der Waals surface area contributed by atoms with Crippen LogP contribution in [0.4, 0.5) is 5.69 Å². The third-order valence-corrected chi connectivity index (χ3v) is 4.27. The molecule has 0 bridgehead atoms. The highest BCUT2D eigenvalue weighted by Gasteiger charge is 2.15. The van der Waals surface area contributed by atoms with Gasteiger partial charge in [0.15, 0.2) is 18.0 Å². The van der Waals surface area contributed by atoms with Crippen molar-refractivity contribution < 1.29 is 19.2 Å². The second-order valence-electron chi connectivity index (χ2n) is 5.64. The SMILES string of the molecule is COc1ccc(C[NH+](C)CC(=O)Nc2c(Cl)cccc2Cl)cc1OC. The Morgan fingerprint density at radius 1 is 1.08 bits per heavy atom. The quantitative estimate of drug-likeness (QED) is 0.772. The maximum absolute atomic E-state index is 12.2. The normalized spacial score (nSPS) is 11.7. The molecule has 134 valence electrons. The lowest BCUT2D eigenvalue weighted by atomic mass is 10.2. The Balaban J connectivity index is 1.98. The first-order valence-corrected chi connectivity index (χ1v) is 8.46. The van der Waals surface area contributed by atoms with E-state index in [-0.39, 0.29) is 12.5 Å². The molecule has 2 rings (SSSR count). The molecule has 7 heteroatoms. The van der Waals surface area contributed by atoms with Crippen LogP contribution in [0.25, 0.3) is 0 Å². The monoisotopic (exact) mass is 383 g/mol. The fraction of sp³-hybridized carbons (Fsp3) is 0.278. The van der Waals surface area contributed by atoms with Crippen LogP contribution in [0.5, 0.6) is 11.5 Å². The van der Waals surface area contributed by atoms with Gasteiger partial charge in [-0.25, -0.2) is 0 Å². The van der Waals surface area contributed by atoms with Gasteiger partial charge in [-0.15, -0.1) is 0 Å². The summed E-state index contributed by atoms with van der Waals surface area (Å²) in [6, 6.07) is 10.8. The number of rotatable bonds is 7. The van der Waals surface area contributed by atoms with Gasteiger partial charge in [0.1, 0.15) is 6.54 Å². The van der Waals surface area contributed by atoms with Gasteiger partial charge < -0.3 is 19.7 Å². The fourth-order valence-electron chi connectivity index (χ4n) is 2.48. The predicted molar refractivity (Wildman–Crippen MR) is 100 cm³/mol. The number of hydrogen-bond donors (Lipinski definition) is 2. The third kappa shape index (κ3) is 5.26. The summed E-state index contributed by atoms with van der Waals surface area (Å²) in [6.45, 7) is 0.930. The van der Waals surface area contributed by atoms with Gasteiger partial charge in [0.05, 0.1) is 37.0 Å². The highest BCUT2D eigenvalue weighted by atomic mass is 35.5. The van der Waals surface area contributed by atoms with Crippen LogP contribution in [0.2, 0.25) is 10.0 Å². The van der Waals surface area contributed by atoms with Gasteiger partial charge in [0.25, 0.3) is 5.91 Å². The molecule has 25 heavy (non-hydrogen) atoms. The maximum atomic E-state index is 12.2. The molecule has 0 fully saturated rings. The summed E-state index contributed by atoms with van der Waals surface area (Å²) in [5.41, 5.74) is 1.48. The summed E-state index contributed by atoms with van der Waals surface area (Å²) in [7, 11) is 5.13. The molecule has 0 aliphatic carbocycles. The van der Waals surface area contributed by atoms with E-state index in [1.54, 1.807) is 32.4 Å². The van der Waals surface area contributed by atoms with Crippen LogP contribution in [0.15, 0.2) is 36.4 Å². The van der Waals surface area contributed by atoms with E-state index in [2.05, 4.69) is 5.32 Å². The number of carbonyl (C=O) groups excluding carboxylic acids is 1. The Morgan fingerprint density at radius 2 is 1.72 bits per heavy atom. The molecule has 0 spiro atoms. The summed E-state index contributed by atoms with van der Waals surface area (Å²) in [4.78, 5) is 13.3. The number of nitrogens with one attached hydrogen (secondary N) is 2. The molecular weight excluding hydrogens is 363 g/mol. The topological polar surface area (TPSA) is 52.0 Å². The van der Waals surface area contributed by atoms with E-state index in [1.165, 1.54) is 0 Å². The lowest BCUT2D eigenvalue weighted by Crippen LogP contribution is -3.08. The number of ether oxygens (including phenoxy) is 2. The average Bonchev–Trinajstić information content (AvgIpc) is 2.58. The van der Waals surface area contributed by atoms with E-state index in [1.807, 2.05) is 25.2 Å². The molecular formula is C18H21Cl2N2O3+. The zero-order chi connectivity index (χ0) is 18.4. The summed E-state index contributed by atoms with van der Waals surface area (Å²) in [5, 5.41) is 3.60. The van der Waals surface area contributed by atoms with Crippen LogP contribution in [-0.2, 0) is 11.3 Å². The van der Waals surface area contributed by atoms with Crippen molar-refractivity contribution >= 4 is 34.8 Å². The molecule has 1 unspecified atom stereocenters. The van der Waals surface area contributed by atoms with Crippen molar-refractivity contribution in [2.24, 2.45) is 0 Å². The van der Waals surface area contributed by atoms with E-state index in [9.17, 15) is 4.79 Å². The second-order valence-corrected chi connectivity index (χ2v) is 6.46. The van der Waals surface area contributed by atoms with Crippen LogP contribution < -0.4 is 19.7 Å². The Bertz CT molecular complexity index is 733. The molecule has 1 atom stereocenters. The number of para-hydroxylation sites is 1. The van der Waals surface area contributed by atoms with Gasteiger partial charge in [-0.05, 0) is 30.3 Å². The summed E-state index contributed by atoms with van der Waals surface area (Å²) < 4.78 is 10.5. The second kappa shape index (κ2) is 8.94. The smallest absolute Gasteiger partial charge is 0.279 e. The van der Waals surface area contributed by atoms with Crippen molar-refractivity contribution in [2.45, 2.75) is 6.54 Å². The Morgan fingerprint density at radius 3 is 2.32 bits per heavy atom. The zero-order valence-corrected chi connectivity index (χ0v) is 15.9. The number of benzene rings is 2. The number of hydrogen-bond acceptors (Lipinski definition) is 3. The van der Waals surface area contributed by atoms with Crippen molar-refractivity contribution in [1.29, 1.82) is 0 Å². The number of anilines is 1. The fourth-order valence-corrected chi connectivity index (χ4v) is 2.97. The Labute approximate surface area is 157 Å². The molecule has 0 radical (unpaired) electrons. The van der Waals surface area contributed by atoms with E-state index >= 15 is 0 Å². The standard InChI is InChI=1S/C18H20Cl2N2O3/c1-22(10-12-7-8-15(24-2)16(9-12)25-3)11-17(23)21-18-13(19)5-4-6-14(18)20/h4-9H,10-11H2,1-3H3,(H,21,23)/p+1. The largest absolute Gasteiger partial charge is 0.493 e. The Kier molecular flexibility index (Phi) is 6.93. The van der Waals surface area contributed by atoms with Crippen LogP contribution in [-0.4, -0.2) is 33.7 Å². The van der Waals surface area contributed by atoms with E-state index in [0.717, 1.165) is 10.5 Å². The van der Waals surface area contributed by atoms with E-state index in [0.29, 0.717) is 33.8 Å². The summed E-state index contributed by atoms with van der Waals surface area (Å²) in [6.07, 6.45) is 0. The minimum Gasteiger partial charge on any atom is -0.493 e. The van der Waals surface area contributed by atoms with Crippen molar-refractivity contribution in [3.05, 3.63) is 52.0 Å². The summed E-state index contributed by atoms with van der Waals surface area (Å²) in [5.74, 6) is 1.18. The van der Waals surface area contributed by atoms with Crippen molar-refractivity contribution in [2.75, 3.05) is 33.1 Å². The molecule has 0 saturated carbocycles. The molecule has 2 N–H and O–H groups in total. The third-order valence-electron chi connectivity index (χ3n) is 3.64. The lowest BCUT2D eigenvalue weighted by Gasteiger charge is -2.16. The van der Waals surface area contributed by atoms with Gasteiger partial charge in [-0.3, -0.25) is 4.79 Å². The molecule has 0 aromatic heterocycles. The van der Waals surface area contributed by atoms with Crippen molar-refractivity contribution in [1.82, 2.24) is 0 Å². The van der Waals surface area contributed by atoms with Crippen molar-refractivity contribution in [3.8, 4) is 11.5 Å². The minimum atomic E-state index is -0.159.